The largest absolute Gasteiger partial charge is 0.481 e. The number of hydrogen-bond donors (Lipinski definition) is 2. The molecular weight excluding hydrogens is 362 g/mol. The number of carboxylic acids is 1. The number of carbonyl (C=O) groups is 2. The normalized spacial score (nSPS) is 25.3. The van der Waals surface area contributed by atoms with Crippen LogP contribution in [0.5, 0.6) is 0 Å². The lowest BCUT2D eigenvalue weighted by atomic mass is 9.92. The van der Waals surface area contributed by atoms with Crippen LogP contribution < -0.4 is 0 Å². The number of thioether (sulfide) groups is 1. The number of unbranched alkanes of at least 4 members (excludes halogenated alkanes) is 3. The standard InChI is InChI=1S/C17H25NO5S2/c1-2-3-4-5-6-7-8-12(17(20)21)13-10-18-15(19)9-16(18)24-14(13)11-25(22)23/h6-7,10,12,14,16H,2-5,8-9,11H2,1H3,(H,20,21)(H,22,23)/b7-6-/t12?,14?,16-/m1/s1. The molecule has 3 unspecified atom stereocenters. The van der Waals surface area contributed by atoms with Crippen LogP contribution in [-0.2, 0) is 20.7 Å². The van der Waals surface area contributed by atoms with E-state index < -0.39 is 23.0 Å². The molecule has 0 spiro atoms. The molecule has 0 bridgehead atoms. The maximum Gasteiger partial charge on any atom is 0.311 e. The Morgan fingerprint density at radius 1 is 1.48 bits per heavy atom. The Hall–Kier alpha value is -1.12. The third-order valence-electron chi connectivity index (χ3n) is 4.44. The number of carboxylic acid groups (broad SMARTS) is 1. The average molecular weight is 388 g/mol. The molecule has 2 heterocycles. The highest BCUT2D eigenvalue weighted by molar-refractivity contribution is 8.01. The Morgan fingerprint density at radius 2 is 2.24 bits per heavy atom. The first-order valence-corrected chi connectivity index (χ1v) is 10.8. The smallest absolute Gasteiger partial charge is 0.311 e. The van der Waals surface area contributed by atoms with Gasteiger partial charge in [-0.3, -0.25) is 9.59 Å². The monoisotopic (exact) mass is 387 g/mol. The molecule has 0 aromatic carbocycles. The molecule has 0 aromatic rings. The van der Waals surface area contributed by atoms with E-state index in [1.54, 1.807) is 11.1 Å². The molecule has 2 aliphatic heterocycles. The van der Waals surface area contributed by atoms with E-state index >= 15 is 0 Å². The predicted octanol–water partition coefficient (Wildman–Crippen LogP) is 2.99. The molecule has 1 amide bonds. The first kappa shape index (κ1) is 20.2. The van der Waals surface area contributed by atoms with Crippen LogP contribution in [0.25, 0.3) is 0 Å². The Morgan fingerprint density at radius 3 is 2.84 bits per heavy atom. The maximum atomic E-state index is 11.8. The third-order valence-corrected chi connectivity index (χ3v) is 6.74. The van der Waals surface area contributed by atoms with Gasteiger partial charge in [0.05, 0.1) is 23.5 Å². The van der Waals surface area contributed by atoms with Gasteiger partial charge in [-0.15, -0.1) is 11.8 Å². The Kier molecular flexibility index (Phi) is 7.71. The summed E-state index contributed by atoms with van der Waals surface area (Å²) in [6.45, 7) is 2.13. The Balaban J connectivity index is 2.10. The average Bonchev–Trinajstić information content (AvgIpc) is 2.53. The number of hydrogen-bond acceptors (Lipinski definition) is 4. The summed E-state index contributed by atoms with van der Waals surface area (Å²) in [5.41, 5.74) is 0.558. The second-order valence-corrected chi connectivity index (χ2v) is 8.66. The number of rotatable bonds is 10. The van der Waals surface area contributed by atoms with Gasteiger partial charge in [-0.1, -0.05) is 31.9 Å². The van der Waals surface area contributed by atoms with Crippen LogP contribution in [0.1, 0.15) is 45.4 Å². The highest BCUT2D eigenvalue weighted by Gasteiger charge is 2.44. The SMILES string of the molecule is CCCCC/C=C\CC(C(=O)O)C1=CN2C(=O)C[C@H]2SC1CS(=O)O. The van der Waals surface area contributed by atoms with Crippen LogP contribution in [0.15, 0.2) is 23.9 Å². The molecule has 0 radical (unpaired) electrons. The number of carbonyl (C=O) groups excluding carboxylic acids is 1. The third kappa shape index (κ3) is 5.43. The molecule has 0 aromatic heterocycles. The summed E-state index contributed by atoms with van der Waals surface area (Å²) in [4.78, 5) is 25.0. The van der Waals surface area contributed by atoms with Gasteiger partial charge in [0.25, 0.3) is 0 Å². The molecule has 0 aliphatic carbocycles. The predicted molar refractivity (Wildman–Crippen MR) is 99.4 cm³/mol. The van der Waals surface area contributed by atoms with Gasteiger partial charge in [-0.05, 0) is 24.8 Å². The summed E-state index contributed by atoms with van der Waals surface area (Å²) in [5, 5.41) is 9.24. The van der Waals surface area contributed by atoms with Crippen LogP contribution in [0.2, 0.25) is 0 Å². The lowest BCUT2D eigenvalue weighted by Gasteiger charge is -2.44. The lowest BCUT2D eigenvalue weighted by molar-refractivity contribution is -0.141. The quantitative estimate of drug-likeness (QED) is 0.259. The second-order valence-electron chi connectivity index (χ2n) is 6.30. The molecule has 8 heteroatoms. The van der Waals surface area contributed by atoms with Crippen molar-refractivity contribution in [3.63, 3.8) is 0 Å². The van der Waals surface area contributed by atoms with E-state index in [-0.39, 0.29) is 22.3 Å². The minimum absolute atomic E-state index is 0.0149. The molecular formula is C17H25NO5S2. The van der Waals surface area contributed by atoms with Gasteiger partial charge in [0.15, 0.2) is 11.1 Å². The van der Waals surface area contributed by atoms with Gasteiger partial charge in [0, 0.05) is 11.4 Å². The van der Waals surface area contributed by atoms with Crippen molar-refractivity contribution in [1.29, 1.82) is 0 Å². The summed E-state index contributed by atoms with van der Waals surface area (Å²) in [5.74, 6) is -1.79. The lowest BCUT2D eigenvalue weighted by Crippen LogP contribution is -2.52. The van der Waals surface area contributed by atoms with E-state index in [1.807, 2.05) is 12.2 Å². The van der Waals surface area contributed by atoms with E-state index in [2.05, 4.69) is 6.92 Å². The maximum absolute atomic E-state index is 11.8. The number of nitrogens with zero attached hydrogens (tertiary/aromatic N) is 1. The summed E-state index contributed by atoms with van der Waals surface area (Å²) >= 11 is -0.598. The fraction of sp³-hybridized carbons (Fsp3) is 0.647. The summed E-state index contributed by atoms with van der Waals surface area (Å²) < 4.78 is 20.5. The van der Waals surface area contributed by atoms with Crippen molar-refractivity contribution in [2.75, 3.05) is 5.75 Å². The van der Waals surface area contributed by atoms with Gasteiger partial charge in [-0.25, -0.2) is 4.21 Å². The number of β-lactam (4-membered cyclic amide) rings is 1. The van der Waals surface area contributed by atoms with E-state index in [1.165, 1.54) is 11.8 Å². The fourth-order valence-electron chi connectivity index (χ4n) is 3.00. The van der Waals surface area contributed by atoms with E-state index in [0.717, 1.165) is 25.7 Å². The Labute approximate surface area is 155 Å². The molecule has 6 nitrogen and oxygen atoms in total. The van der Waals surface area contributed by atoms with Gasteiger partial charge in [0.2, 0.25) is 5.91 Å². The fourth-order valence-corrected chi connectivity index (χ4v) is 5.43. The first-order chi connectivity index (χ1) is 11.9. The molecule has 0 saturated carbocycles. The molecule has 2 rings (SSSR count). The van der Waals surface area contributed by atoms with Crippen LogP contribution >= 0.6 is 11.8 Å². The van der Waals surface area contributed by atoms with Crippen molar-refractivity contribution >= 4 is 34.7 Å². The van der Waals surface area contributed by atoms with Crippen molar-refractivity contribution < 1.29 is 23.5 Å². The highest BCUT2D eigenvalue weighted by Crippen LogP contribution is 2.43. The molecule has 2 aliphatic rings. The molecule has 1 saturated heterocycles. The van der Waals surface area contributed by atoms with Crippen molar-refractivity contribution in [1.82, 2.24) is 4.90 Å². The zero-order chi connectivity index (χ0) is 18.4. The second kappa shape index (κ2) is 9.54. The number of fused-ring (bicyclic) bond motifs is 1. The van der Waals surface area contributed by atoms with Gasteiger partial charge in [-0.2, -0.15) is 0 Å². The summed E-state index contributed by atoms with van der Waals surface area (Å²) in [6, 6.07) is 0. The number of aliphatic carboxylic acids is 1. The van der Waals surface area contributed by atoms with Crippen LogP contribution in [0.3, 0.4) is 0 Å². The van der Waals surface area contributed by atoms with Crippen LogP contribution in [-0.4, -0.2) is 47.0 Å². The molecule has 4 atom stereocenters. The molecule has 140 valence electrons. The minimum atomic E-state index is -2.01. The number of amides is 1. The Bertz CT molecular complexity index is 590. The van der Waals surface area contributed by atoms with Gasteiger partial charge < -0.3 is 14.6 Å². The summed E-state index contributed by atoms with van der Waals surface area (Å²) in [6.07, 6.45) is 10.5. The highest BCUT2D eigenvalue weighted by atomic mass is 32.2. The van der Waals surface area contributed by atoms with Crippen molar-refractivity contribution in [2.45, 2.75) is 56.1 Å². The van der Waals surface area contributed by atoms with Gasteiger partial charge in [0.1, 0.15) is 0 Å². The number of allylic oxidation sites excluding steroid dienone is 2. The van der Waals surface area contributed by atoms with Gasteiger partial charge >= 0.3 is 5.97 Å². The van der Waals surface area contributed by atoms with Crippen molar-refractivity contribution in [2.24, 2.45) is 5.92 Å². The summed E-state index contributed by atoms with van der Waals surface area (Å²) in [7, 11) is 0. The topological polar surface area (TPSA) is 94.9 Å². The molecule has 2 N–H and O–H groups in total. The zero-order valence-electron chi connectivity index (χ0n) is 14.3. The van der Waals surface area contributed by atoms with E-state index in [0.29, 0.717) is 18.4 Å². The van der Waals surface area contributed by atoms with Crippen LogP contribution in [0, 0.1) is 5.92 Å². The molecule has 1 fully saturated rings. The van der Waals surface area contributed by atoms with E-state index in [4.69, 9.17) is 0 Å². The van der Waals surface area contributed by atoms with E-state index in [9.17, 15) is 23.5 Å². The van der Waals surface area contributed by atoms with Crippen molar-refractivity contribution in [3.05, 3.63) is 23.9 Å². The zero-order valence-corrected chi connectivity index (χ0v) is 15.9. The van der Waals surface area contributed by atoms with Crippen molar-refractivity contribution in [3.8, 4) is 0 Å². The van der Waals surface area contributed by atoms with Crippen LogP contribution in [0.4, 0.5) is 0 Å². The minimum Gasteiger partial charge on any atom is -0.481 e. The first-order valence-electron chi connectivity index (χ1n) is 8.57. The molecule has 25 heavy (non-hydrogen) atoms.